The molecular formula is C7H9BrN2O3. The Kier molecular flexibility index (Phi) is 2.42. The zero-order chi connectivity index (χ0) is 10.2. The normalized spacial score (nSPS) is 29.2. The molecule has 4 amide bonds. The Labute approximate surface area is 83.6 Å². The number of carbonyl (C=O) groups is 3. The Morgan fingerprint density at radius 1 is 1.46 bits per heavy atom. The number of halogens is 1. The number of rotatable bonds is 1. The van der Waals surface area contributed by atoms with E-state index in [1.807, 2.05) is 0 Å². The molecule has 1 N–H and O–H groups in total. The Balaban J connectivity index is 3.06. The van der Waals surface area contributed by atoms with E-state index in [0.29, 0.717) is 6.42 Å². The van der Waals surface area contributed by atoms with Crippen LogP contribution in [-0.4, -0.2) is 34.1 Å². The topological polar surface area (TPSA) is 66.5 Å². The molecule has 0 saturated carbocycles. The van der Waals surface area contributed by atoms with Crippen LogP contribution in [0.4, 0.5) is 4.79 Å². The van der Waals surface area contributed by atoms with Crippen molar-refractivity contribution in [3.8, 4) is 0 Å². The van der Waals surface area contributed by atoms with E-state index < -0.39 is 22.2 Å². The lowest BCUT2D eigenvalue weighted by atomic mass is 10.0. The molecule has 13 heavy (non-hydrogen) atoms. The molecule has 0 aromatic rings. The second-order valence-electron chi connectivity index (χ2n) is 2.78. The van der Waals surface area contributed by atoms with Gasteiger partial charge in [0.15, 0.2) is 4.32 Å². The van der Waals surface area contributed by atoms with Gasteiger partial charge in [-0.15, -0.1) is 0 Å². The van der Waals surface area contributed by atoms with Crippen LogP contribution in [0.25, 0.3) is 0 Å². The smallest absolute Gasteiger partial charge is 0.276 e. The van der Waals surface area contributed by atoms with Gasteiger partial charge in [0.25, 0.3) is 11.8 Å². The summed E-state index contributed by atoms with van der Waals surface area (Å²) >= 11 is 3.04. The molecule has 1 fully saturated rings. The molecule has 0 aromatic heterocycles. The summed E-state index contributed by atoms with van der Waals surface area (Å²) in [5.41, 5.74) is 0. The number of alkyl halides is 1. The van der Waals surface area contributed by atoms with Crippen molar-refractivity contribution in [1.29, 1.82) is 0 Å². The highest BCUT2D eigenvalue weighted by Crippen LogP contribution is 2.27. The van der Waals surface area contributed by atoms with Gasteiger partial charge in [0.05, 0.1) is 0 Å². The van der Waals surface area contributed by atoms with Crippen molar-refractivity contribution in [2.45, 2.75) is 17.7 Å². The van der Waals surface area contributed by atoms with E-state index in [-0.39, 0.29) is 0 Å². The van der Waals surface area contributed by atoms with E-state index in [2.05, 4.69) is 21.2 Å². The maximum Gasteiger partial charge on any atom is 0.330 e. The summed E-state index contributed by atoms with van der Waals surface area (Å²) in [7, 11) is 1.33. The van der Waals surface area contributed by atoms with Gasteiger partial charge in [-0.25, -0.2) is 4.79 Å². The summed E-state index contributed by atoms with van der Waals surface area (Å²) < 4.78 is -1.28. The minimum atomic E-state index is -1.28. The van der Waals surface area contributed by atoms with Crippen LogP contribution in [0.1, 0.15) is 13.3 Å². The van der Waals surface area contributed by atoms with Crippen LogP contribution in [0.2, 0.25) is 0 Å². The molecule has 1 aliphatic rings. The van der Waals surface area contributed by atoms with E-state index in [1.54, 1.807) is 6.92 Å². The summed E-state index contributed by atoms with van der Waals surface area (Å²) in [5, 5.41) is 2.08. The molecule has 0 aliphatic carbocycles. The monoisotopic (exact) mass is 248 g/mol. The zero-order valence-electron chi connectivity index (χ0n) is 7.26. The summed E-state index contributed by atoms with van der Waals surface area (Å²) in [6.45, 7) is 1.69. The third-order valence-electron chi connectivity index (χ3n) is 2.02. The maximum absolute atomic E-state index is 11.5. The number of hydrogen-bond donors (Lipinski definition) is 1. The largest absolute Gasteiger partial charge is 0.330 e. The molecule has 0 spiro atoms. The fourth-order valence-corrected chi connectivity index (χ4v) is 1.41. The highest BCUT2D eigenvalue weighted by molar-refractivity contribution is 9.10. The summed E-state index contributed by atoms with van der Waals surface area (Å²) in [4.78, 5) is 34.6. The van der Waals surface area contributed by atoms with Crippen LogP contribution in [0, 0.1) is 0 Å². The minimum absolute atomic E-state index is 0.301. The van der Waals surface area contributed by atoms with E-state index in [9.17, 15) is 14.4 Å². The van der Waals surface area contributed by atoms with Crippen LogP contribution < -0.4 is 5.32 Å². The van der Waals surface area contributed by atoms with Crippen molar-refractivity contribution in [3.05, 3.63) is 0 Å². The molecule has 1 rings (SSSR count). The molecule has 1 atom stereocenters. The Morgan fingerprint density at radius 2 is 2.00 bits per heavy atom. The SMILES string of the molecule is CCC1(Br)C(=O)NC(=O)N(C)C1=O. The van der Waals surface area contributed by atoms with Gasteiger partial charge in [0.1, 0.15) is 0 Å². The molecule has 1 aliphatic heterocycles. The summed E-state index contributed by atoms with van der Waals surface area (Å²) in [6, 6.07) is -0.682. The first kappa shape index (κ1) is 10.2. The van der Waals surface area contributed by atoms with Crippen LogP contribution in [0.3, 0.4) is 0 Å². The molecule has 6 heteroatoms. The third-order valence-corrected chi connectivity index (χ3v) is 3.28. The van der Waals surface area contributed by atoms with Gasteiger partial charge >= 0.3 is 6.03 Å². The number of barbiturate groups is 1. The van der Waals surface area contributed by atoms with Gasteiger partial charge in [0, 0.05) is 7.05 Å². The fourth-order valence-electron chi connectivity index (χ4n) is 1.05. The number of amides is 4. The number of hydrogen-bond acceptors (Lipinski definition) is 3. The lowest BCUT2D eigenvalue weighted by molar-refractivity contribution is -0.139. The van der Waals surface area contributed by atoms with Crippen LogP contribution in [0.15, 0.2) is 0 Å². The van der Waals surface area contributed by atoms with Crippen molar-refractivity contribution in [2.24, 2.45) is 0 Å². The number of nitrogens with zero attached hydrogens (tertiary/aromatic N) is 1. The van der Waals surface area contributed by atoms with Crippen molar-refractivity contribution in [2.75, 3.05) is 7.05 Å². The molecule has 1 saturated heterocycles. The molecule has 1 heterocycles. The quantitative estimate of drug-likeness (QED) is 0.534. The number of carbonyl (C=O) groups excluding carboxylic acids is 3. The van der Waals surface area contributed by atoms with Crippen LogP contribution in [0.5, 0.6) is 0 Å². The highest BCUT2D eigenvalue weighted by atomic mass is 79.9. The first-order chi connectivity index (χ1) is 5.93. The second-order valence-corrected chi connectivity index (χ2v) is 4.13. The van der Waals surface area contributed by atoms with Gasteiger partial charge in [-0.05, 0) is 6.42 Å². The molecule has 72 valence electrons. The first-order valence-electron chi connectivity index (χ1n) is 3.76. The lowest BCUT2D eigenvalue weighted by Crippen LogP contribution is -2.63. The van der Waals surface area contributed by atoms with E-state index >= 15 is 0 Å². The van der Waals surface area contributed by atoms with Crippen LogP contribution in [-0.2, 0) is 9.59 Å². The number of imide groups is 2. The molecule has 1 unspecified atom stereocenters. The fraction of sp³-hybridized carbons (Fsp3) is 0.571. The van der Waals surface area contributed by atoms with Crippen molar-refractivity contribution in [1.82, 2.24) is 10.2 Å². The van der Waals surface area contributed by atoms with Gasteiger partial charge in [0.2, 0.25) is 0 Å². The molecule has 0 aromatic carbocycles. The molecule has 0 radical (unpaired) electrons. The van der Waals surface area contributed by atoms with E-state index in [0.717, 1.165) is 4.90 Å². The molecule has 5 nitrogen and oxygen atoms in total. The minimum Gasteiger partial charge on any atom is -0.276 e. The third kappa shape index (κ3) is 1.35. The Hall–Kier alpha value is -0.910. The standard InChI is InChI=1S/C7H9BrN2O3/c1-3-7(8)4(11)9-6(13)10(2)5(7)12/h3H2,1-2H3,(H,9,11,13). The molecule has 0 bridgehead atoms. The van der Waals surface area contributed by atoms with Crippen molar-refractivity contribution in [3.63, 3.8) is 0 Å². The van der Waals surface area contributed by atoms with Gasteiger partial charge < -0.3 is 0 Å². The zero-order valence-corrected chi connectivity index (χ0v) is 8.84. The summed E-state index contributed by atoms with van der Waals surface area (Å²) in [6.07, 6.45) is 0.301. The average Bonchev–Trinajstić information content (AvgIpc) is 2.11. The van der Waals surface area contributed by atoms with E-state index in [1.165, 1.54) is 7.05 Å². The van der Waals surface area contributed by atoms with Gasteiger partial charge in [-0.2, -0.15) is 0 Å². The molecular weight excluding hydrogens is 240 g/mol. The predicted molar refractivity (Wildman–Crippen MR) is 48.3 cm³/mol. The van der Waals surface area contributed by atoms with Crippen molar-refractivity contribution >= 4 is 33.8 Å². The second kappa shape index (κ2) is 3.10. The Morgan fingerprint density at radius 3 is 2.46 bits per heavy atom. The Bertz CT molecular complexity index is 291. The highest BCUT2D eigenvalue weighted by Gasteiger charge is 2.49. The van der Waals surface area contributed by atoms with Gasteiger partial charge in [-0.1, -0.05) is 22.9 Å². The lowest BCUT2D eigenvalue weighted by Gasteiger charge is -2.32. The number of urea groups is 1. The predicted octanol–water partition coefficient (Wildman–Crippen LogP) is 0.238. The van der Waals surface area contributed by atoms with Crippen molar-refractivity contribution < 1.29 is 14.4 Å². The van der Waals surface area contributed by atoms with Crippen LogP contribution >= 0.6 is 15.9 Å². The average molecular weight is 249 g/mol. The van der Waals surface area contributed by atoms with Gasteiger partial charge in [-0.3, -0.25) is 19.8 Å². The number of nitrogens with one attached hydrogen (secondary N) is 1. The first-order valence-corrected chi connectivity index (χ1v) is 4.55. The van der Waals surface area contributed by atoms with E-state index in [4.69, 9.17) is 0 Å². The summed E-state index contributed by atoms with van der Waals surface area (Å²) in [5.74, 6) is -1.12. The maximum atomic E-state index is 11.5.